The second-order valence-corrected chi connectivity index (χ2v) is 6.11. The summed E-state index contributed by atoms with van der Waals surface area (Å²) in [5, 5.41) is 12.3. The van der Waals surface area contributed by atoms with E-state index in [0.717, 1.165) is 26.1 Å². The summed E-state index contributed by atoms with van der Waals surface area (Å²) in [6.45, 7) is 5.21. The number of likely N-dealkylation sites (tertiary alicyclic amines) is 1. The van der Waals surface area contributed by atoms with Crippen LogP contribution in [0.1, 0.15) is 32.6 Å². The molecule has 0 saturated carbocycles. The lowest BCUT2D eigenvalue weighted by Gasteiger charge is -2.32. The number of hydrogen-bond acceptors (Lipinski definition) is 4. The molecule has 0 radical (unpaired) electrons. The van der Waals surface area contributed by atoms with E-state index in [1.54, 1.807) is 4.90 Å². The largest absolute Gasteiger partial charge is 0.481 e. The molecule has 2 saturated heterocycles. The van der Waals surface area contributed by atoms with Gasteiger partial charge in [0, 0.05) is 32.3 Å². The molecule has 2 aliphatic rings. The first-order chi connectivity index (χ1) is 10.1. The zero-order chi connectivity index (χ0) is 15.2. The van der Waals surface area contributed by atoms with Crippen molar-refractivity contribution in [1.29, 1.82) is 0 Å². The molecule has 0 aromatic carbocycles. The number of amides is 1. The predicted octanol–water partition coefficient (Wildman–Crippen LogP) is 0.714. The third kappa shape index (κ3) is 4.68. The lowest BCUT2D eigenvalue weighted by Crippen LogP contribution is -2.47. The average molecular weight is 298 g/mol. The first-order valence-corrected chi connectivity index (χ1v) is 7.89. The maximum atomic E-state index is 12.2. The third-order valence-electron chi connectivity index (χ3n) is 4.75. The Morgan fingerprint density at radius 3 is 2.43 bits per heavy atom. The van der Waals surface area contributed by atoms with E-state index in [9.17, 15) is 9.59 Å². The molecule has 0 aromatic rings. The predicted molar refractivity (Wildman–Crippen MR) is 77.9 cm³/mol. The molecule has 0 aliphatic carbocycles. The summed E-state index contributed by atoms with van der Waals surface area (Å²) in [7, 11) is 0. The van der Waals surface area contributed by atoms with Gasteiger partial charge < -0.3 is 20.1 Å². The number of carbonyl (C=O) groups is 2. The van der Waals surface area contributed by atoms with Crippen molar-refractivity contribution in [2.45, 2.75) is 38.6 Å². The number of hydrogen-bond donors (Lipinski definition) is 2. The quantitative estimate of drug-likeness (QED) is 0.781. The third-order valence-corrected chi connectivity index (χ3v) is 4.75. The van der Waals surface area contributed by atoms with Crippen LogP contribution in [0.2, 0.25) is 0 Å². The number of rotatable bonds is 5. The summed E-state index contributed by atoms with van der Waals surface area (Å²) in [5.74, 6) is -0.376. The number of aliphatic carboxylic acids is 1. The maximum Gasteiger partial charge on any atom is 0.306 e. The smallest absolute Gasteiger partial charge is 0.306 e. The number of nitrogens with zero attached hydrogens (tertiary/aromatic N) is 1. The van der Waals surface area contributed by atoms with Crippen LogP contribution in [0, 0.1) is 11.8 Å². The molecule has 6 heteroatoms. The molecule has 2 aliphatic heterocycles. The van der Waals surface area contributed by atoms with Gasteiger partial charge in [-0.3, -0.25) is 9.59 Å². The van der Waals surface area contributed by atoms with E-state index in [0.29, 0.717) is 44.4 Å². The minimum absolute atomic E-state index is 0.0812. The molecule has 0 bridgehead atoms. The summed E-state index contributed by atoms with van der Waals surface area (Å²) in [6, 6.07) is 0.314. The molecular formula is C15H26N2O4. The number of carboxylic acid groups (broad SMARTS) is 1. The van der Waals surface area contributed by atoms with E-state index >= 15 is 0 Å². The van der Waals surface area contributed by atoms with Crippen LogP contribution in [-0.4, -0.2) is 60.8 Å². The van der Waals surface area contributed by atoms with E-state index in [2.05, 4.69) is 12.2 Å². The van der Waals surface area contributed by atoms with E-state index in [-0.39, 0.29) is 11.8 Å². The van der Waals surface area contributed by atoms with Gasteiger partial charge in [0.1, 0.15) is 0 Å². The Kier molecular flexibility index (Phi) is 5.99. The monoisotopic (exact) mass is 298 g/mol. The fourth-order valence-corrected chi connectivity index (χ4v) is 3.12. The van der Waals surface area contributed by atoms with Crippen LogP contribution in [0.5, 0.6) is 0 Å². The first kappa shape index (κ1) is 16.2. The van der Waals surface area contributed by atoms with Crippen LogP contribution >= 0.6 is 0 Å². The van der Waals surface area contributed by atoms with Crippen LogP contribution in [0.4, 0.5) is 0 Å². The molecule has 2 rings (SSSR count). The molecule has 2 N–H and O–H groups in total. The van der Waals surface area contributed by atoms with Gasteiger partial charge in [0.25, 0.3) is 0 Å². The summed E-state index contributed by atoms with van der Waals surface area (Å²) in [5.41, 5.74) is 0. The number of nitrogens with one attached hydrogen (secondary N) is 1. The van der Waals surface area contributed by atoms with Gasteiger partial charge in [-0.15, -0.1) is 0 Å². The second kappa shape index (κ2) is 7.75. The Morgan fingerprint density at radius 2 is 1.86 bits per heavy atom. The fourth-order valence-electron chi connectivity index (χ4n) is 3.12. The van der Waals surface area contributed by atoms with Crippen LogP contribution in [0.25, 0.3) is 0 Å². The second-order valence-electron chi connectivity index (χ2n) is 6.11. The average Bonchev–Trinajstić information content (AvgIpc) is 2.53. The van der Waals surface area contributed by atoms with Crippen molar-refractivity contribution >= 4 is 11.9 Å². The van der Waals surface area contributed by atoms with Crippen molar-refractivity contribution in [3.05, 3.63) is 0 Å². The number of ether oxygens (including phenoxy) is 1. The molecule has 2 heterocycles. The van der Waals surface area contributed by atoms with Crippen molar-refractivity contribution in [3.8, 4) is 0 Å². The Bertz CT molecular complexity index is 361. The SMILES string of the molecule is CC(NCC(=O)N1CCC(C(=O)O)CC1)C1CCOCC1. The molecule has 120 valence electrons. The lowest BCUT2D eigenvalue weighted by atomic mass is 9.93. The van der Waals surface area contributed by atoms with Gasteiger partial charge in [-0.2, -0.15) is 0 Å². The lowest BCUT2D eigenvalue weighted by molar-refractivity contribution is -0.145. The van der Waals surface area contributed by atoms with E-state index in [4.69, 9.17) is 9.84 Å². The van der Waals surface area contributed by atoms with Crippen LogP contribution in [-0.2, 0) is 14.3 Å². The van der Waals surface area contributed by atoms with Crippen molar-refractivity contribution in [2.24, 2.45) is 11.8 Å². The minimum atomic E-state index is -0.742. The molecule has 2 fully saturated rings. The van der Waals surface area contributed by atoms with Crippen molar-refractivity contribution < 1.29 is 19.4 Å². The van der Waals surface area contributed by atoms with Crippen LogP contribution in [0.15, 0.2) is 0 Å². The highest BCUT2D eigenvalue weighted by Crippen LogP contribution is 2.19. The van der Waals surface area contributed by atoms with Crippen molar-refractivity contribution in [1.82, 2.24) is 10.2 Å². The summed E-state index contributed by atoms with van der Waals surface area (Å²) in [4.78, 5) is 24.8. The summed E-state index contributed by atoms with van der Waals surface area (Å²) < 4.78 is 5.35. The number of carboxylic acids is 1. The molecule has 1 unspecified atom stereocenters. The molecule has 0 aromatic heterocycles. The molecule has 0 spiro atoms. The summed E-state index contributed by atoms with van der Waals surface area (Å²) >= 11 is 0. The van der Waals surface area contributed by atoms with Crippen LogP contribution in [0.3, 0.4) is 0 Å². The number of carbonyl (C=O) groups excluding carboxylic acids is 1. The van der Waals surface area contributed by atoms with E-state index in [1.165, 1.54) is 0 Å². The van der Waals surface area contributed by atoms with E-state index in [1.807, 2.05) is 0 Å². The highest BCUT2D eigenvalue weighted by molar-refractivity contribution is 5.79. The van der Waals surface area contributed by atoms with Gasteiger partial charge in [-0.1, -0.05) is 0 Å². The topological polar surface area (TPSA) is 78.9 Å². The Hall–Kier alpha value is -1.14. The molecular weight excluding hydrogens is 272 g/mol. The Balaban J connectivity index is 1.68. The zero-order valence-electron chi connectivity index (χ0n) is 12.7. The van der Waals surface area contributed by atoms with Gasteiger partial charge in [0.05, 0.1) is 12.5 Å². The maximum absolute atomic E-state index is 12.2. The van der Waals surface area contributed by atoms with Crippen molar-refractivity contribution in [3.63, 3.8) is 0 Å². The zero-order valence-corrected chi connectivity index (χ0v) is 12.7. The van der Waals surface area contributed by atoms with Gasteiger partial charge in [0.2, 0.25) is 5.91 Å². The van der Waals surface area contributed by atoms with Crippen LogP contribution < -0.4 is 5.32 Å². The highest BCUT2D eigenvalue weighted by atomic mass is 16.5. The Labute approximate surface area is 125 Å². The minimum Gasteiger partial charge on any atom is -0.481 e. The highest BCUT2D eigenvalue weighted by Gasteiger charge is 2.27. The normalized spacial score (nSPS) is 23.0. The fraction of sp³-hybridized carbons (Fsp3) is 0.867. The first-order valence-electron chi connectivity index (χ1n) is 7.89. The van der Waals surface area contributed by atoms with Crippen molar-refractivity contribution in [2.75, 3.05) is 32.8 Å². The number of piperidine rings is 1. The standard InChI is InChI=1S/C15H26N2O4/c1-11(12-4-8-21-9-5-12)16-10-14(18)17-6-2-13(3-7-17)15(19)20/h11-13,16H,2-10H2,1H3,(H,19,20). The molecule has 21 heavy (non-hydrogen) atoms. The van der Waals surface area contributed by atoms with Gasteiger partial charge in [-0.25, -0.2) is 0 Å². The van der Waals surface area contributed by atoms with Gasteiger partial charge >= 0.3 is 5.97 Å². The Morgan fingerprint density at radius 1 is 1.24 bits per heavy atom. The molecule has 1 atom stereocenters. The molecule has 1 amide bonds. The van der Waals surface area contributed by atoms with Gasteiger partial charge in [0.15, 0.2) is 0 Å². The molecule has 6 nitrogen and oxygen atoms in total. The van der Waals surface area contributed by atoms with E-state index < -0.39 is 5.97 Å². The van der Waals surface area contributed by atoms with Gasteiger partial charge in [-0.05, 0) is 38.5 Å². The summed E-state index contributed by atoms with van der Waals surface area (Å²) in [6.07, 6.45) is 3.23.